The fourth-order valence-corrected chi connectivity index (χ4v) is 3.52. The molecule has 1 aliphatic carbocycles. The fourth-order valence-electron chi connectivity index (χ4n) is 2.56. The average molecular weight is 209 g/mol. The Hall–Kier alpha value is -0.340. The number of thiophene rings is 1. The molecular weight excluding hydrogens is 190 g/mol. The van der Waals surface area contributed by atoms with Crippen molar-refractivity contribution >= 4 is 11.3 Å². The normalized spacial score (nSPS) is 38.5. The van der Waals surface area contributed by atoms with Gasteiger partial charge in [-0.05, 0) is 36.1 Å². The first kappa shape index (κ1) is 10.2. The second-order valence-electron chi connectivity index (χ2n) is 4.81. The maximum absolute atomic E-state index is 6.57. The Labute approximate surface area is 90.3 Å². The van der Waals surface area contributed by atoms with Gasteiger partial charge in [-0.1, -0.05) is 26.3 Å². The standard InChI is InChI=1S/C12H19NS/c1-9-5-6-10(2)12(13,8-9)11-4-3-7-14-11/h3-4,7,9-10H,5-6,8,13H2,1-2H3. The quantitative estimate of drug-likeness (QED) is 0.754. The molecule has 0 amide bonds. The zero-order valence-corrected chi connectivity index (χ0v) is 9.81. The van der Waals surface area contributed by atoms with E-state index in [-0.39, 0.29) is 5.54 Å². The van der Waals surface area contributed by atoms with Crippen LogP contribution in [0.2, 0.25) is 0 Å². The van der Waals surface area contributed by atoms with Crippen LogP contribution in [0.5, 0.6) is 0 Å². The lowest BCUT2D eigenvalue weighted by molar-refractivity contribution is 0.165. The van der Waals surface area contributed by atoms with Gasteiger partial charge in [0.2, 0.25) is 0 Å². The Kier molecular flexibility index (Phi) is 2.67. The monoisotopic (exact) mass is 209 g/mol. The Morgan fingerprint density at radius 2 is 2.21 bits per heavy atom. The first-order valence-electron chi connectivity index (χ1n) is 5.46. The molecule has 1 fully saturated rings. The van der Waals surface area contributed by atoms with Crippen molar-refractivity contribution in [2.75, 3.05) is 0 Å². The van der Waals surface area contributed by atoms with Crippen molar-refractivity contribution < 1.29 is 0 Å². The van der Waals surface area contributed by atoms with Crippen LogP contribution in [-0.2, 0) is 5.54 Å². The number of nitrogens with two attached hydrogens (primary N) is 1. The molecule has 0 bridgehead atoms. The maximum Gasteiger partial charge on any atom is 0.0532 e. The topological polar surface area (TPSA) is 26.0 Å². The van der Waals surface area contributed by atoms with Gasteiger partial charge in [0.25, 0.3) is 0 Å². The molecule has 2 N–H and O–H groups in total. The summed E-state index contributed by atoms with van der Waals surface area (Å²) in [5.74, 6) is 1.40. The number of hydrogen-bond acceptors (Lipinski definition) is 2. The smallest absolute Gasteiger partial charge is 0.0532 e. The van der Waals surface area contributed by atoms with Crippen molar-refractivity contribution in [2.45, 2.75) is 38.6 Å². The van der Waals surface area contributed by atoms with Crippen LogP contribution in [0.1, 0.15) is 38.0 Å². The summed E-state index contributed by atoms with van der Waals surface area (Å²) >= 11 is 1.81. The SMILES string of the molecule is CC1CCC(C)C(N)(c2cccs2)C1. The Morgan fingerprint density at radius 1 is 1.43 bits per heavy atom. The molecule has 2 rings (SSSR count). The van der Waals surface area contributed by atoms with Crippen molar-refractivity contribution in [3.63, 3.8) is 0 Å². The average Bonchev–Trinajstić information content (AvgIpc) is 2.65. The summed E-state index contributed by atoms with van der Waals surface area (Å²) in [4.78, 5) is 1.37. The third-order valence-corrected chi connectivity index (χ3v) is 4.70. The first-order chi connectivity index (χ1) is 6.63. The molecule has 0 spiro atoms. The second kappa shape index (κ2) is 3.67. The molecule has 78 valence electrons. The minimum Gasteiger partial charge on any atom is -0.321 e. The van der Waals surface area contributed by atoms with Crippen molar-refractivity contribution in [1.82, 2.24) is 0 Å². The number of rotatable bonds is 1. The molecule has 0 saturated heterocycles. The van der Waals surface area contributed by atoms with Gasteiger partial charge in [-0.25, -0.2) is 0 Å². The van der Waals surface area contributed by atoms with Gasteiger partial charge < -0.3 is 5.73 Å². The van der Waals surface area contributed by atoms with E-state index in [0.717, 1.165) is 12.3 Å². The molecule has 0 aromatic carbocycles. The molecule has 1 aromatic rings. The number of hydrogen-bond donors (Lipinski definition) is 1. The van der Waals surface area contributed by atoms with E-state index in [2.05, 4.69) is 31.4 Å². The van der Waals surface area contributed by atoms with E-state index < -0.39 is 0 Å². The van der Waals surface area contributed by atoms with Gasteiger partial charge in [0.15, 0.2) is 0 Å². The summed E-state index contributed by atoms with van der Waals surface area (Å²) in [5, 5.41) is 2.13. The summed E-state index contributed by atoms with van der Waals surface area (Å²) < 4.78 is 0. The van der Waals surface area contributed by atoms with Crippen LogP contribution in [-0.4, -0.2) is 0 Å². The molecule has 3 atom stereocenters. The summed E-state index contributed by atoms with van der Waals surface area (Å²) in [6.45, 7) is 4.62. The predicted octanol–water partition coefficient (Wildman–Crippen LogP) is 3.36. The van der Waals surface area contributed by atoms with Crippen LogP contribution in [0.4, 0.5) is 0 Å². The molecule has 0 radical (unpaired) electrons. The third kappa shape index (κ3) is 1.61. The summed E-state index contributed by atoms with van der Waals surface area (Å²) in [6.07, 6.45) is 3.76. The third-order valence-electron chi connectivity index (χ3n) is 3.64. The van der Waals surface area contributed by atoms with Gasteiger partial charge >= 0.3 is 0 Å². The van der Waals surface area contributed by atoms with Crippen LogP contribution in [0.3, 0.4) is 0 Å². The fraction of sp³-hybridized carbons (Fsp3) is 0.667. The molecule has 2 heteroatoms. The molecule has 1 heterocycles. The van der Waals surface area contributed by atoms with Gasteiger partial charge in [0, 0.05) is 4.88 Å². The molecule has 1 saturated carbocycles. The van der Waals surface area contributed by atoms with Crippen molar-refractivity contribution in [3.05, 3.63) is 22.4 Å². The van der Waals surface area contributed by atoms with Gasteiger partial charge in [0.05, 0.1) is 5.54 Å². The van der Waals surface area contributed by atoms with E-state index in [0.29, 0.717) is 5.92 Å². The molecule has 1 nitrogen and oxygen atoms in total. The molecule has 3 unspecified atom stereocenters. The second-order valence-corrected chi connectivity index (χ2v) is 5.75. The zero-order chi connectivity index (χ0) is 10.2. The van der Waals surface area contributed by atoms with Crippen LogP contribution in [0, 0.1) is 11.8 Å². The Balaban J connectivity index is 2.28. The van der Waals surface area contributed by atoms with Crippen LogP contribution in [0.15, 0.2) is 17.5 Å². The highest BCUT2D eigenvalue weighted by molar-refractivity contribution is 7.10. The summed E-state index contributed by atoms with van der Waals surface area (Å²) in [5.41, 5.74) is 6.52. The molecule has 14 heavy (non-hydrogen) atoms. The van der Waals surface area contributed by atoms with Crippen LogP contribution >= 0.6 is 11.3 Å². The van der Waals surface area contributed by atoms with E-state index in [4.69, 9.17) is 5.73 Å². The van der Waals surface area contributed by atoms with Crippen molar-refractivity contribution in [1.29, 1.82) is 0 Å². The Bertz CT molecular complexity index is 293. The lowest BCUT2D eigenvalue weighted by atomic mass is 9.69. The van der Waals surface area contributed by atoms with E-state index in [1.54, 1.807) is 0 Å². The van der Waals surface area contributed by atoms with Crippen LogP contribution in [0.25, 0.3) is 0 Å². The van der Waals surface area contributed by atoms with E-state index >= 15 is 0 Å². The zero-order valence-electron chi connectivity index (χ0n) is 8.99. The van der Waals surface area contributed by atoms with Gasteiger partial charge in [-0.2, -0.15) is 0 Å². The van der Waals surface area contributed by atoms with E-state index in [1.807, 2.05) is 11.3 Å². The maximum atomic E-state index is 6.57. The minimum atomic E-state index is -0.0498. The van der Waals surface area contributed by atoms with E-state index in [9.17, 15) is 0 Å². The molecular formula is C12H19NS. The Morgan fingerprint density at radius 3 is 2.86 bits per heavy atom. The summed E-state index contributed by atoms with van der Waals surface area (Å²) in [6, 6.07) is 4.31. The van der Waals surface area contributed by atoms with Crippen molar-refractivity contribution in [2.24, 2.45) is 17.6 Å². The van der Waals surface area contributed by atoms with Gasteiger partial charge in [0.1, 0.15) is 0 Å². The molecule has 0 aliphatic heterocycles. The first-order valence-corrected chi connectivity index (χ1v) is 6.34. The molecule has 1 aromatic heterocycles. The lowest BCUT2D eigenvalue weighted by Gasteiger charge is -2.41. The highest BCUT2D eigenvalue weighted by Crippen LogP contribution is 2.43. The minimum absolute atomic E-state index is 0.0498. The summed E-state index contributed by atoms with van der Waals surface area (Å²) in [7, 11) is 0. The lowest BCUT2D eigenvalue weighted by Crippen LogP contribution is -2.46. The van der Waals surface area contributed by atoms with E-state index in [1.165, 1.54) is 17.7 Å². The van der Waals surface area contributed by atoms with Crippen molar-refractivity contribution in [3.8, 4) is 0 Å². The van der Waals surface area contributed by atoms with Gasteiger partial charge in [-0.3, -0.25) is 0 Å². The largest absolute Gasteiger partial charge is 0.321 e. The highest BCUT2D eigenvalue weighted by atomic mass is 32.1. The highest BCUT2D eigenvalue weighted by Gasteiger charge is 2.39. The predicted molar refractivity (Wildman–Crippen MR) is 62.4 cm³/mol. The molecule has 1 aliphatic rings. The van der Waals surface area contributed by atoms with Gasteiger partial charge in [-0.15, -0.1) is 11.3 Å². The van der Waals surface area contributed by atoms with Crippen LogP contribution < -0.4 is 5.73 Å².